The fourth-order valence-electron chi connectivity index (χ4n) is 7.21. The molecular weight excluding hydrogens is 538 g/mol. The highest BCUT2D eigenvalue weighted by atomic mass is 16.5. The fourth-order valence-corrected chi connectivity index (χ4v) is 7.21. The first-order valence-electron chi connectivity index (χ1n) is 16.5. The minimum atomic E-state index is -0.688. The molecule has 3 aliphatic rings. The number of rotatable bonds is 13. The number of nitrogens with one attached hydrogen (secondary N) is 2. The van der Waals surface area contributed by atoms with E-state index in [0.717, 1.165) is 67.7 Å². The number of fused-ring (bicyclic) bond motifs is 1. The van der Waals surface area contributed by atoms with Crippen LogP contribution in [0.2, 0.25) is 0 Å². The van der Waals surface area contributed by atoms with Crippen LogP contribution in [0.4, 0.5) is 11.4 Å². The highest BCUT2D eigenvalue weighted by molar-refractivity contribution is 5.80. The lowest BCUT2D eigenvalue weighted by Crippen LogP contribution is -2.46. The summed E-state index contributed by atoms with van der Waals surface area (Å²) < 4.78 is 6.36. The number of ether oxygens (including phenoxy) is 1. The molecule has 232 valence electrons. The molecule has 2 saturated carbocycles. The maximum atomic E-state index is 13.8. The Morgan fingerprint density at radius 3 is 2.33 bits per heavy atom. The van der Waals surface area contributed by atoms with Crippen LogP contribution >= 0.6 is 0 Å². The van der Waals surface area contributed by atoms with Crippen LogP contribution < -0.4 is 10.6 Å². The maximum absolute atomic E-state index is 13.8. The molecule has 3 atom stereocenters. The van der Waals surface area contributed by atoms with Crippen molar-refractivity contribution >= 4 is 23.3 Å². The number of hydrogen-bond acceptors (Lipinski definition) is 5. The van der Waals surface area contributed by atoms with E-state index in [4.69, 9.17) is 4.74 Å². The third-order valence-electron chi connectivity index (χ3n) is 9.58. The van der Waals surface area contributed by atoms with E-state index in [2.05, 4.69) is 64.9 Å². The first kappa shape index (κ1) is 31.1. The molecule has 3 fully saturated rings. The van der Waals surface area contributed by atoms with Gasteiger partial charge in [-0.15, -0.1) is 0 Å². The number of hydrogen-bond donors (Lipinski definition) is 3. The number of carboxylic acid groups (broad SMARTS) is 1. The van der Waals surface area contributed by atoms with Crippen molar-refractivity contribution in [2.75, 3.05) is 17.2 Å². The highest BCUT2D eigenvalue weighted by Crippen LogP contribution is 2.40. The minimum absolute atomic E-state index is 0.104. The molecule has 2 aromatic rings. The Hall–Kier alpha value is -3.32. The van der Waals surface area contributed by atoms with Crippen LogP contribution in [0.1, 0.15) is 89.5 Å². The molecule has 0 radical (unpaired) electrons. The summed E-state index contributed by atoms with van der Waals surface area (Å²) in [5.74, 6) is 0.798. The summed E-state index contributed by atoms with van der Waals surface area (Å²) in [7, 11) is 0. The number of allylic oxidation sites excluding steroid dienone is 1. The second-order valence-corrected chi connectivity index (χ2v) is 12.7. The zero-order valence-electron chi connectivity index (χ0n) is 25.7. The third kappa shape index (κ3) is 8.62. The molecule has 0 aromatic heterocycles. The number of benzene rings is 2. The van der Waals surface area contributed by atoms with Crippen molar-refractivity contribution in [3.63, 3.8) is 0 Å². The van der Waals surface area contributed by atoms with Crippen LogP contribution in [0.15, 0.2) is 66.5 Å². The Balaban J connectivity index is 1.19. The van der Waals surface area contributed by atoms with E-state index in [1.807, 2.05) is 18.2 Å². The lowest BCUT2D eigenvalue weighted by molar-refractivity contribution is -0.144. The van der Waals surface area contributed by atoms with Gasteiger partial charge in [-0.3, -0.25) is 9.59 Å². The zero-order chi connectivity index (χ0) is 30.0. The van der Waals surface area contributed by atoms with Crippen LogP contribution in [0.3, 0.4) is 0 Å². The number of aliphatic carboxylic acids is 1. The number of nitrogens with zero attached hydrogens (tertiary/aromatic N) is 1. The van der Waals surface area contributed by atoms with Gasteiger partial charge in [-0.1, -0.05) is 56.5 Å². The second-order valence-electron chi connectivity index (χ2n) is 12.7. The average Bonchev–Trinajstić information content (AvgIpc) is 3.40. The first-order chi connectivity index (χ1) is 21.0. The third-order valence-corrected chi connectivity index (χ3v) is 9.58. The van der Waals surface area contributed by atoms with Gasteiger partial charge in [0.2, 0.25) is 5.91 Å². The Kier molecular flexibility index (Phi) is 11.2. The molecule has 2 aliphatic carbocycles. The fraction of sp³-hybridized carbons (Fsp3) is 0.556. The number of carbonyl (C=O) groups is 2. The van der Waals surface area contributed by atoms with E-state index >= 15 is 0 Å². The van der Waals surface area contributed by atoms with Crippen molar-refractivity contribution in [1.82, 2.24) is 4.90 Å². The minimum Gasteiger partial charge on any atom is -0.481 e. The molecule has 43 heavy (non-hydrogen) atoms. The quantitative estimate of drug-likeness (QED) is 0.209. The monoisotopic (exact) mass is 587 g/mol. The van der Waals surface area contributed by atoms with Gasteiger partial charge in [-0.05, 0) is 99.6 Å². The van der Waals surface area contributed by atoms with Gasteiger partial charge < -0.3 is 25.4 Å². The molecule has 1 saturated heterocycles. The van der Waals surface area contributed by atoms with Crippen LogP contribution in [0.25, 0.3) is 0 Å². The normalized spacial score (nSPS) is 25.7. The molecule has 1 heterocycles. The lowest BCUT2D eigenvalue weighted by atomic mass is 9.84. The van der Waals surface area contributed by atoms with E-state index in [1.54, 1.807) is 0 Å². The Morgan fingerprint density at radius 2 is 1.63 bits per heavy atom. The van der Waals surface area contributed by atoms with Crippen LogP contribution in [0.5, 0.6) is 0 Å². The summed E-state index contributed by atoms with van der Waals surface area (Å²) in [6, 6.07) is 18.8. The summed E-state index contributed by atoms with van der Waals surface area (Å²) >= 11 is 0. The number of carbonyl (C=O) groups excluding carboxylic acids is 1. The molecule has 0 bridgehead atoms. The number of amides is 1. The lowest BCUT2D eigenvalue weighted by Gasteiger charge is -2.35. The predicted octanol–water partition coefficient (Wildman–Crippen LogP) is 7.60. The largest absolute Gasteiger partial charge is 0.481 e. The summed E-state index contributed by atoms with van der Waals surface area (Å²) in [5.41, 5.74) is 3.05. The zero-order valence-corrected chi connectivity index (χ0v) is 25.7. The number of carboxylic acids is 1. The van der Waals surface area contributed by atoms with Gasteiger partial charge >= 0.3 is 5.97 Å². The standard InChI is InChI=1S/C36H49N3O4/c1-2-3-5-14-34(37-29-11-6-4-7-12-29)38-30-19-15-26(16-20-30)23-35(40)39-31(24-28-10-8-9-13-33(28)39)25-43-32-21-17-27(18-22-32)36(41)42/h4,6-7,11-12,14-16,19-20,27-28,31-33,37-38H,2-3,5,8-10,13,17-18,21-25H2,1H3,(H,41,42)/b34-14-. The smallest absolute Gasteiger partial charge is 0.306 e. The van der Waals surface area contributed by atoms with Gasteiger partial charge in [0.25, 0.3) is 0 Å². The molecule has 0 spiro atoms. The number of unbranched alkanes of at least 4 members (excludes halogenated alkanes) is 2. The Bertz CT molecular complexity index is 1210. The van der Waals surface area contributed by atoms with E-state index in [9.17, 15) is 14.7 Å². The average molecular weight is 588 g/mol. The SMILES string of the molecule is CCCC/C=C(/Nc1ccccc1)Nc1ccc(CC(=O)N2C(COC3CCC(C(=O)O)CC3)CC3CCCCC32)cc1. The van der Waals surface area contributed by atoms with Crippen molar-refractivity contribution in [2.45, 2.75) is 109 Å². The van der Waals surface area contributed by atoms with Crippen LogP contribution in [0, 0.1) is 11.8 Å². The molecule has 2 aromatic carbocycles. The van der Waals surface area contributed by atoms with Crippen molar-refractivity contribution in [2.24, 2.45) is 11.8 Å². The van der Waals surface area contributed by atoms with Crippen molar-refractivity contribution in [3.05, 3.63) is 72.1 Å². The van der Waals surface area contributed by atoms with E-state index in [-0.39, 0.29) is 24.0 Å². The van der Waals surface area contributed by atoms with Gasteiger partial charge in [0, 0.05) is 17.4 Å². The van der Waals surface area contributed by atoms with E-state index in [0.29, 0.717) is 37.8 Å². The predicted molar refractivity (Wildman–Crippen MR) is 172 cm³/mol. The number of anilines is 2. The maximum Gasteiger partial charge on any atom is 0.306 e. The van der Waals surface area contributed by atoms with E-state index < -0.39 is 5.97 Å². The van der Waals surface area contributed by atoms with Crippen molar-refractivity contribution in [3.8, 4) is 0 Å². The molecule has 3 unspecified atom stereocenters. The molecule has 3 N–H and O–H groups in total. The second kappa shape index (κ2) is 15.4. The molecule has 1 amide bonds. The molecular formula is C36H49N3O4. The molecule has 7 heteroatoms. The Labute approximate surface area is 257 Å². The van der Waals surface area contributed by atoms with E-state index in [1.165, 1.54) is 19.3 Å². The summed E-state index contributed by atoms with van der Waals surface area (Å²) in [5, 5.41) is 16.3. The number of para-hydroxylation sites is 1. The van der Waals surface area contributed by atoms with Gasteiger partial charge in [0.1, 0.15) is 5.82 Å². The summed E-state index contributed by atoms with van der Waals surface area (Å²) in [6.45, 7) is 2.76. The van der Waals surface area contributed by atoms with Gasteiger partial charge in [0.05, 0.1) is 31.1 Å². The summed E-state index contributed by atoms with van der Waals surface area (Å²) in [4.78, 5) is 27.3. The molecule has 1 aliphatic heterocycles. The first-order valence-corrected chi connectivity index (χ1v) is 16.5. The summed E-state index contributed by atoms with van der Waals surface area (Å²) in [6.07, 6.45) is 14.7. The van der Waals surface area contributed by atoms with Gasteiger partial charge in [-0.25, -0.2) is 0 Å². The number of likely N-dealkylation sites (tertiary alicyclic amines) is 1. The van der Waals surface area contributed by atoms with Crippen molar-refractivity contribution < 1.29 is 19.4 Å². The van der Waals surface area contributed by atoms with Crippen LogP contribution in [-0.4, -0.2) is 46.7 Å². The highest BCUT2D eigenvalue weighted by Gasteiger charge is 2.44. The van der Waals surface area contributed by atoms with Gasteiger partial charge in [0.15, 0.2) is 0 Å². The Morgan fingerprint density at radius 1 is 0.930 bits per heavy atom. The molecule has 7 nitrogen and oxygen atoms in total. The topological polar surface area (TPSA) is 90.9 Å². The van der Waals surface area contributed by atoms with Crippen molar-refractivity contribution in [1.29, 1.82) is 0 Å². The molecule has 5 rings (SSSR count). The van der Waals surface area contributed by atoms with Gasteiger partial charge in [-0.2, -0.15) is 0 Å². The van der Waals surface area contributed by atoms with Crippen LogP contribution in [-0.2, 0) is 20.7 Å².